The lowest BCUT2D eigenvalue weighted by Crippen LogP contribution is -2.50. The van der Waals surface area contributed by atoms with Gasteiger partial charge in [-0.1, -0.05) is 13.8 Å². The van der Waals surface area contributed by atoms with Crippen LogP contribution >= 0.6 is 11.8 Å². The summed E-state index contributed by atoms with van der Waals surface area (Å²) in [5.74, 6) is -0.731. The number of nitrogens with one attached hydrogen (secondary N) is 1. The summed E-state index contributed by atoms with van der Waals surface area (Å²) in [6.45, 7) is 3.64. The fourth-order valence-electron chi connectivity index (χ4n) is 1.06. The van der Waals surface area contributed by atoms with E-state index in [1.165, 1.54) is 0 Å². The van der Waals surface area contributed by atoms with Crippen molar-refractivity contribution >= 4 is 23.6 Å². The normalized spacial score (nSPS) is 14.6. The lowest BCUT2D eigenvalue weighted by Gasteiger charge is -2.19. The minimum absolute atomic E-state index is 0.00463. The van der Waals surface area contributed by atoms with Gasteiger partial charge in [0.1, 0.15) is 6.04 Å². The fourth-order valence-corrected chi connectivity index (χ4v) is 1.54. The highest BCUT2D eigenvalue weighted by Crippen LogP contribution is 2.03. The summed E-state index contributed by atoms with van der Waals surface area (Å²) in [5, 5.41) is 11.4. The summed E-state index contributed by atoms with van der Waals surface area (Å²) in [6, 6.07) is -1.50. The SMILES string of the molecule is CSCC[C@H](NC(=O)C(N)C(C)C)C(=O)O. The standard InChI is InChI=1S/C10H20N2O3S/c1-6(2)8(11)9(13)12-7(10(14)15)4-5-16-3/h6-8H,4-5,11H2,1-3H3,(H,12,13)(H,14,15)/t7-,8?/m0/s1. The Bertz CT molecular complexity index is 246. The van der Waals surface area contributed by atoms with Crippen LogP contribution in [0.4, 0.5) is 0 Å². The number of carboxylic acids is 1. The van der Waals surface area contributed by atoms with Gasteiger partial charge in [-0.3, -0.25) is 4.79 Å². The third-order valence-electron chi connectivity index (χ3n) is 2.25. The molecule has 1 amide bonds. The van der Waals surface area contributed by atoms with Crippen molar-refractivity contribution in [3.05, 3.63) is 0 Å². The fraction of sp³-hybridized carbons (Fsp3) is 0.800. The maximum Gasteiger partial charge on any atom is 0.326 e. The molecule has 0 spiro atoms. The zero-order valence-electron chi connectivity index (χ0n) is 9.90. The molecule has 0 bridgehead atoms. The first-order valence-corrected chi connectivity index (χ1v) is 6.57. The molecular formula is C10H20N2O3S. The van der Waals surface area contributed by atoms with Crippen molar-refractivity contribution in [1.29, 1.82) is 0 Å². The van der Waals surface area contributed by atoms with Gasteiger partial charge in [0.05, 0.1) is 6.04 Å². The number of carbonyl (C=O) groups excluding carboxylic acids is 1. The number of thioether (sulfide) groups is 1. The van der Waals surface area contributed by atoms with Crippen LogP contribution in [0, 0.1) is 5.92 Å². The maximum absolute atomic E-state index is 11.6. The minimum Gasteiger partial charge on any atom is -0.480 e. The number of amides is 1. The van der Waals surface area contributed by atoms with Crippen molar-refractivity contribution in [1.82, 2.24) is 5.32 Å². The van der Waals surface area contributed by atoms with E-state index in [2.05, 4.69) is 5.32 Å². The predicted molar refractivity (Wildman–Crippen MR) is 65.4 cm³/mol. The lowest BCUT2D eigenvalue weighted by molar-refractivity contribution is -0.142. The van der Waals surface area contributed by atoms with Gasteiger partial charge in [-0.2, -0.15) is 11.8 Å². The van der Waals surface area contributed by atoms with Crippen LogP contribution in [0.25, 0.3) is 0 Å². The average Bonchev–Trinajstić information content (AvgIpc) is 2.21. The molecule has 0 aromatic rings. The van der Waals surface area contributed by atoms with Crippen LogP contribution in [-0.2, 0) is 9.59 Å². The number of hydrogen-bond acceptors (Lipinski definition) is 4. The molecule has 0 aliphatic rings. The molecule has 0 aliphatic carbocycles. The van der Waals surface area contributed by atoms with E-state index < -0.39 is 24.0 Å². The number of aliphatic carboxylic acids is 1. The smallest absolute Gasteiger partial charge is 0.326 e. The van der Waals surface area contributed by atoms with E-state index in [1.807, 2.05) is 20.1 Å². The molecule has 0 aliphatic heterocycles. The first kappa shape index (κ1) is 15.2. The van der Waals surface area contributed by atoms with Gasteiger partial charge in [0.25, 0.3) is 0 Å². The van der Waals surface area contributed by atoms with Crippen molar-refractivity contribution in [2.45, 2.75) is 32.4 Å². The van der Waals surface area contributed by atoms with E-state index in [4.69, 9.17) is 10.8 Å². The predicted octanol–water partition coefficient (Wildman–Crippen LogP) is 0.292. The molecule has 4 N–H and O–H groups in total. The lowest BCUT2D eigenvalue weighted by atomic mass is 10.0. The van der Waals surface area contributed by atoms with E-state index in [1.54, 1.807) is 11.8 Å². The number of nitrogens with two attached hydrogens (primary N) is 1. The van der Waals surface area contributed by atoms with Crippen LogP contribution in [0.3, 0.4) is 0 Å². The van der Waals surface area contributed by atoms with Gasteiger partial charge in [0, 0.05) is 0 Å². The first-order chi connectivity index (χ1) is 7.40. The van der Waals surface area contributed by atoms with Crippen LogP contribution < -0.4 is 11.1 Å². The van der Waals surface area contributed by atoms with Gasteiger partial charge in [0.2, 0.25) is 5.91 Å². The van der Waals surface area contributed by atoms with Crippen LogP contribution in [0.15, 0.2) is 0 Å². The molecule has 94 valence electrons. The highest BCUT2D eigenvalue weighted by molar-refractivity contribution is 7.98. The van der Waals surface area contributed by atoms with Gasteiger partial charge in [-0.05, 0) is 24.3 Å². The zero-order valence-corrected chi connectivity index (χ0v) is 10.7. The van der Waals surface area contributed by atoms with Crippen molar-refractivity contribution in [2.24, 2.45) is 11.7 Å². The molecule has 16 heavy (non-hydrogen) atoms. The Morgan fingerprint density at radius 1 is 1.44 bits per heavy atom. The molecule has 0 saturated heterocycles. The molecule has 0 saturated carbocycles. The monoisotopic (exact) mass is 248 g/mol. The summed E-state index contributed by atoms with van der Waals surface area (Å²) in [5.41, 5.74) is 5.63. The van der Waals surface area contributed by atoms with Gasteiger partial charge in [-0.15, -0.1) is 0 Å². The van der Waals surface area contributed by atoms with E-state index in [-0.39, 0.29) is 5.92 Å². The largest absolute Gasteiger partial charge is 0.480 e. The van der Waals surface area contributed by atoms with Crippen molar-refractivity contribution in [3.63, 3.8) is 0 Å². The summed E-state index contributed by atoms with van der Waals surface area (Å²) in [7, 11) is 0. The molecule has 5 nitrogen and oxygen atoms in total. The van der Waals surface area contributed by atoms with Crippen LogP contribution in [0.1, 0.15) is 20.3 Å². The Hall–Kier alpha value is -0.750. The topological polar surface area (TPSA) is 92.4 Å². The third kappa shape index (κ3) is 5.37. The van der Waals surface area contributed by atoms with E-state index >= 15 is 0 Å². The Morgan fingerprint density at radius 3 is 2.38 bits per heavy atom. The Labute approximate surface area is 100 Å². The summed E-state index contributed by atoms with van der Waals surface area (Å²) in [4.78, 5) is 22.4. The molecule has 1 unspecified atom stereocenters. The molecule has 0 radical (unpaired) electrons. The second kappa shape index (κ2) is 7.51. The van der Waals surface area contributed by atoms with Gasteiger partial charge in [-0.25, -0.2) is 4.79 Å². The quantitative estimate of drug-likeness (QED) is 0.602. The zero-order chi connectivity index (χ0) is 12.7. The Morgan fingerprint density at radius 2 is 2.00 bits per heavy atom. The van der Waals surface area contributed by atoms with Crippen LogP contribution in [0.5, 0.6) is 0 Å². The molecule has 0 aromatic heterocycles. The molecule has 0 fully saturated rings. The van der Waals surface area contributed by atoms with Crippen LogP contribution in [0.2, 0.25) is 0 Å². The van der Waals surface area contributed by atoms with Crippen molar-refractivity contribution in [2.75, 3.05) is 12.0 Å². The number of rotatable bonds is 7. The molecule has 0 rings (SSSR count). The highest BCUT2D eigenvalue weighted by atomic mass is 32.2. The molecular weight excluding hydrogens is 228 g/mol. The number of hydrogen-bond donors (Lipinski definition) is 3. The second-order valence-electron chi connectivity index (χ2n) is 3.95. The molecule has 2 atom stereocenters. The maximum atomic E-state index is 11.6. The van der Waals surface area contributed by atoms with Crippen molar-refractivity contribution < 1.29 is 14.7 Å². The summed E-state index contributed by atoms with van der Waals surface area (Å²) < 4.78 is 0. The van der Waals surface area contributed by atoms with E-state index in [0.717, 1.165) is 0 Å². The average molecular weight is 248 g/mol. The third-order valence-corrected chi connectivity index (χ3v) is 2.89. The van der Waals surface area contributed by atoms with Gasteiger partial charge < -0.3 is 16.2 Å². The summed E-state index contributed by atoms with van der Waals surface area (Å²) in [6.07, 6.45) is 2.30. The summed E-state index contributed by atoms with van der Waals surface area (Å²) >= 11 is 1.54. The number of carboxylic acid groups (broad SMARTS) is 1. The first-order valence-electron chi connectivity index (χ1n) is 5.17. The Kier molecular flexibility index (Phi) is 7.16. The molecule has 0 aromatic carbocycles. The van der Waals surface area contributed by atoms with E-state index in [9.17, 15) is 9.59 Å². The van der Waals surface area contributed by atoms with Gasteiger partial charge in [0.15, 0.2) is 0 Å². The number of carbonyl (C=O) groups is 2. The van der Waals surface area contributed by atoms with Crippen LogP contribution in [-0.4, -0.2) is 41.1 Å². The second-order valence-corrected chi connectivity index (χ2v) is 4.94. The highest BCUT2D eigenvalue weighted by Gasteiger charge is 2.24. The minimum atomic E-state index is -1.02. The molecule has 0 heterocycles. The van der Waals surface area contributed by atoms with Crippen molar-refractivity contribution in [3.8, 4) is 0 Å². The Balaban J connectivity index is 4.28. The van der Waals surface area contributed by atoms with Gasteiger partial charge >= 0.3 is 5.97 Å². The molecule has 6 heteroatoms. The van der Waals surface area contributed by atoms with E-state index in [0.29, 0.717) is 12.2 Å².